The molecule has 0 radical (unpaired) electrons. The molecule has 0 atom stereocenters. The molecule has 144 valence electrons. The molecule has 1 aromatic heterocycles. The molecule has 6 heteroatoms. The summed E-state index contributed by atoms with van der Waals surface area (Å²) in [6, 6.07) is 26.0. The van der Waals surface area contributed by atoms with Gasteiger partial charge in [-0.3, -0.25) is 0 Å². The summed E-state index contributed by atoms with van der Waals surface area (Å²) in [6.45, 7) is 4.11. The summed E-state index contributed by atoms with van der Waals surface area (Å²) in [4.78, 5) is 13.6. The van der Waals surface area contributed by atoms with Crippen LogP contribution in [0, 0.1) is 13.8 Å². The maximum atomic E-state index is 4.53. The SMILES string of the molecule is Cc1ccc(Nc2nc(Nc3ccccc3)nc(Nc3ccc(C)cc3)n2)cc1. The molecule has 6 nitrogen and oxygen atoms in total. The Labute approximate surface area is 170 Å². The van der Waals surface area contributed by atoms with Crippen LogP contribution in [0.25, 0.3) is 0 Å². The molecule has 3 N–H and O–H groups in total. The van der Waals surface area contributed by atoms with E-state index in [1.807, 2.05) is 78.9 Å². The van der Waals surface area contributed by atoms with Crippen molar-refractivity contribution >= 4 is 34.9 Å². The van der Waals surface area contributed by atoms with Gasteiger partial charge in [-0.2, -0.15) is 15.0 Å². The van der Waals surface area contributed by atoms with E-state index in [0.29, 0.717) is 17.8 Å². The molecular weight excluding hydrogens is 360 g/mol. The lowest BCUT2D eigenvalue weighted by Gasteiger charge is -2.12. The zero-order valence-corrected chi connectivity index (χ0v) is 16.3. The van der Waals surface area contributed by atoms with Crippen LogP contribution in [0.1, 0.15) is 11.1 Å². The number of hydrogen-bond acceptors (Lipinski definition) is 6. The maximum Gasteiger partial charge on any atom is 0.233 e. The molecule has 0 spiro atoms. The van der Waals surface area contributed by atoms with Crippen molar-refractivity contribution in [3.05, 3.63) is 90.0 Å². The quantitative estimate of drug-likeness (QED) is 0.396. The average molecular weight is 382 g/mol. The highest BCUT2D eigenvalue weighted by Gasteiger charge is 2.08. The number of aryl methyl sites for hydroxylation is 2. The summed E-state index contributed by atoms with van der Waals surface area (Å²) in [7, 11) is 0. The van der Waals surface area contributed by atoms with Gasteiger partial charge in [0.1, 0.15) is 0 Å². The molecule has 1 heterocycles. The lowest BCUT2D eigenvalue weighted by molar-refractivity contribution is 1.06. The standard InChI is InChI=1S/C23H22N6/c1-16-8-12-19(13-9-16)25-22-27-21(24-18-6-4-3-5-7-18)28-23(29-22)26-20-14-10-17(2)11-15-20/h3-15H,1-2H3,(H3,24,25,26,27,28,29). The molecule has 0 fully saturated rings. The van der Waals surface area contributed by atoms with Crippen molar-refractivity contribution < 1.29 is 0 Å². The third-order valence-electron chi connectivity index (χ3n) is 4.28. The smallest absolute Gasteiger partial charge is 0.233 e. The molecule has 0 bridgehead atoms. The topological polar surface area (TPSA) is 74.8 Å². The van der Waals surface area contributed by atoms with E-state index in [2.05, 4.69) is 44.7 Å². The van der Waals surface area contributed by atoms with Gasteiger partial charge in [-0.15, -0.1) is 0 Å². The third kappa shape index (κ3) is 5.07. The minimum Gasteiger partial charge on any atom is -0.324 e. The van der Waals surface area contributed by atoms with E-state index in [-0.39, 0.29) is 0 Å². The van der Waals surface area contributed by atoms with Gasteiger partial charge in [0, 0.05) is 17.1 Å². The highest BCUT2D eigenvalue weighted by molar-refractivity contribution is 5.62. The molecule has 0 unspecified atom stereocenters. The lowest BCUT2D eigenvalue weighted by atomic mass is 10.2. The van der Waals surface area contributed by atoms with Crippen LogP contribution in [0.3, 0.4) is 0 Å². The predicted octanol–water partition coefficient (Wildman–Crippen LogP) is 5.72. The van der Waals surface area contributed by atoms with Crippen LogP contribution in [-0.4, -0.2) is 15.0 Å². The van der Waals surface area contributed by atoms with E-state index >= 15 is 0 Å². The normalized spacial score (nSPS) is 10.4. The van der Waals surface area contributed by atoms with Gasteiger partial charge in [-0.05, 0) is 50.2 Å². The first kappa shape index (κ1) is 18.4. The summed E-state index contributed by atoms with van der Waals surface area (Å²) in [5, 5.41) is 9.73. The number of nitrogens with zero attached hydrogens (tertiary/aromatic N) is 3. The van der Waals surface area contributed by atoms with E-state index in [0.717, 1.165) is 17.1 Å². The second kappa shape index (κ2) is 8.39. The molecule has 0 saturated carbocycles. The molecule has 4 rings (SSSR count). The Morgan fingerprint density at radius 2 is 0.793 bits per heavy atom. The van der Waals surface area contributed by atoms with Gasteiger partial charge in [0.05, 0.1) is 0 Å². The van der Waals surface area contributed by atoms with Gasteiger partial charge >= 0.3 is 0 Å². The van der Waals surface area contributed by atoms with E-state index in [1.165, 1.54) is 11.1 Å². The fourth-order valence-electron chi connectivity index (χ4n) is 2.73. The van der Waals surface area contributed by atoms with Crippen LogP contribution < -0.4 is 16.0 Å². The summed E-state index contributed by atoms with van der Waals surface area (Å²) in [5.41, 5.74) is 5.11. The summed E-state index contributed by atoms with van der Waals surface area (Å²) < 4.78 is 0. The molecule has 0 aliphatic rings. The Hall–Kier alpha value is -3.93. The van der Waals surface area contributed by atoms with Crippen molar-refractivity contribution in [3.63, 3.8) is 0 Å². The first-order chi connectivity index (χ1) is 14.1. The zero-order valence-electron chi connectivity index (χ0n) is 16.3. The summed E-state index contributed by atoms with van der Waals surface area (Å²) in [5.74, 6) is 1.37. The van der Waals surface area contributed by atoms with E-state index < -0.39 is 0 Å². The Morgan fingerprint density at radius 3 is 1.17 bits per heavy atom. The number of aromatic nitrogens is 3. The van der Waals surface area contributed by atoms with Gasteiger partial charge in [-0.25, -0.2) is 0 Å². The average Bonchev–Trinajstić information content (AvgIpc) is 2.72. The van der Waals surface area contributed by atoms with E-state index in [9.17, 15) is 0 Å². The molecule has 3 aromatic carbocycles. The minimum absolute atomic E-state index is 0.454. The van der Waals surface area contributed by atoms with Crippen molar-refractivity contribution in [3.8, 4) is 0 Å². The number of rotatable bonds is 6. The number of nitrogens with one attached hydrogen (secondary N) is 3. The number of para-hydroxylation sites is 1. The monoisotopic (exact) mass is 382 g/mol. The molecule has 0 amide bonds. The molecule has 0 saturated heterocycles. The zero-order chi connectivity index (χ0) is 20.1. The maximum absolute atomic E-state index is 4.53. The molecule has 29 heavy (non-hydrogen) atoms. The van der Waals surface area contributed by atoms with Crippen molar-refractivity contribution in [1.29, 1.82) is 0 Å². The molecule has 0 aliphatic heterocycles. The van der Waals surface area contributed by atoms with Gasteiger partial charge < -0.3 is 16.0 Å². The third-order valence-corrected chi connectivity index (χ3v) is 4.28. The second-order valence-electron chi connectivity index (χ2n) is 6.78. The fourth-order valence-corrected chi connectivity index (χ4v) is 2.73. The predicted molar refractivity (Wildman–Crippen MR) is 118 cm³/mol. The van der Waals surface area contributed by atoms with Crippen LogP contribution >= 0.6 is 0 Å². The van der Waals surface area contributed by atoms with Gasteiger partial charge in [0.15, 0.2) is 0 Å². The Morgan fingerprint density at radius 1 is 0.448 bits per heavy atom. The van der Waals surface area contributed by atoms with E-state index in [1.54, 1.807) is 0 Å². The highest BCUT2D eigenvalue weighted by Crippen LogP contribution is 2.21. The van der Waals surface area contributed by atoms with Crippen LogP contribution in [0.4, 0.5) is 34.9 Å². The van der Waals surface area contributed by atoms with Crippen molar-refractivity contribution in [2.75, 3.05) is 16.0 Å². The van der Waals surface area contributed by atoms with Gasteiger partial charge in [0.25, 0.3) is 0 Å². The van der Waals surface area contributed by atoms with Crippen LogP contribution in [-0.2, 0) is 0 Å². The van der Waals surface area contributed by atoms with Crippen LogP contribution in [0.5, 0.6) is 0 Å². The number of benzene rings is 3. The van der Waals surface area contributed by atoms with Crippen LogP contribution in [0.15, 0.2) is 78.9 Å². The first-order valence-electron chi connectivity index (χ1n) is 9.40. The number of hydrogen-bond donors (Lipinski definition) is 3. The molecular formula is C23H22N6. The summed E-state index contributed by atoms with van der Waals surface area (Å²) in [6.07, 6.45) is 0. The molecule has 0 aliphatic carbocycles. The first-order valence-corrected chi connectivity index (χ1v) is 9.40. The largest absolute Gasteiger partial charge is 0.324 e. The van der Waals surface area contributed by atoms with Gasteiger partial charge in [0.2, 0.25) is 17.8 Å². The summed E-state index contributed by atoms with van der Waals surface area (Å²) >= 11 is 0. The Kier molecular flexibility index (Phi) is 5.33. The highest BCUT2D eigenvalue weighted by atomic mass is 15.3. The van der Waals surface area contributed by atoms with E-state index in [4.69, 9.17) is 0 Å². The fraction of sp³-hybridized carbons (Fsp3) is 0.0870. The Balaban J connectivity index is 1.64. The number of anilines is 6. The van der Waals surface area contributed by atoms with Crippen molar-refractivity contribution in [2.24, 2.45) is 0 Å². The minimum atomic E-state index is 0.454. The lowest BCUT2D eigenvalue weighted by Crippen LogP contribution is -2.07. The Bertz CT molecular complexity index is 1010. The van der Waals surface area contributed by atoms with Crippen molar-refractivity contribution in [1.82, 2.24) is 15.0 Å². The van der Waals surface area contributed by atoms with Crippen molar-refractivity contribution in [2.45, 2.75) is 13.8 Å². The van der Waals surface area contributed by atoms with Gasteiger partial charge in [-0.1, -0.05) is 53.6 Å². The van der Waals surface area contributed by atoms with Crippen LogP contribution in [0.2, 0.25) is 0 Å². The molecule has 4 aromatic rings. The second-order valence-corrected chi connectivity index (χ2v) is 6.78.